The minimum absolute atomic E-state index is 0.0543. The van der Waals surface area contributed by atoms with Crippen LogP contribution in [0.25, 0.3) is 0 Å². The van der Waals surface area contributed by atoms with Crippen LogP contribution in [0.3, 0.4) is 0 Å². The van der Waals surface area contributed by atoms with Gasteiger partial charge in [-0.2, -0.15) is 4.98 Å². The topological polar surface area (TPSA) is 87.5 Å². The zero-order valence-corrected chi connectivity index (χ0v) is 23.6. The summed E-state index contributed by atoms with van der Waals surface area (Å²) >= 11 is 1.57. The van der Waals surface area contributed by atoms with E-state index in [1.807, 2.05) is 32.9 Å². The summed E-state index contributed by atoms with van der Waals surface area (Å²) < 4.78 is 33.4. The molecule has 1 aliphatic rings. The van der Waals surface area contributed by atoms with E-state index < -0.39 is 12.0 Å². The molecule has 0 bridgehead atoms. The predicted octanol–water partition coefficient (Wildman–Crippen LogP) is 6.53. The van der Waals surface area contributed by atoms with Gasteiger partial charge in [-0.1, -0.05) is 56.3 Å². The minimum Gasteiger partial charge on any atom is -0.490 e. The number of benzene rings is 2. The molecule has 208 valence electrons. The first-order valence-electron chi connectivity index (χ1n) is 13.3. The van der Waals surface area contributed by atoms with Gasteiger partial charge in [0.25, 0.3) is 0 Å². The van der Waals surface area contributed by atoms with Gasteiger partial charge in [-0.25, -0.2) is 13.9 Å². The standard InChI is InChI=1S/C29H35FN4O4S/c1-5-8-15-37-27(35)25-19(4)31-28-32-29(39-16-6-2)33-34(28)26(25)20-13-14-23(24(17-20)36-7-3)38-18-21-11-9-10-12-22(21)30/h9-14,17,26H,5-8,15-16,18H2,1-4H3,(H,31,32,33). The summed E-state index contributed by atoms with van der Waals surface area (Å²) in [6.07, 6.45) is 2.69. The Kier molecular flexibility index (Phi) is 9.86. The van der Waals surface area contributed by atoms with Crippen LogP contribution in [0.15, 0.2) is 58.9 Å². The van der Waals surface area contributed by atoms with Crippen molar-refractivity contribution in [1.29, 1.82) is 0 Å². The number of allylic oxidation sites excluding steroid dienone is 1. The van der Waals surface area contributed by atoms with Crippen molar-refractivity contribution >= 4 is 23.7 Å². The van der Waals surface area contributed by atoms with Gasteiger partial charge in [-0.05, 0) is 50.5 Å². The van der Waals surface area contributed by atoms with E-state index in [2.05, 4.69) is 17.2 Å². The Bertz CT molecular complexity index is 1330. The molecule has 0 fully saturated rings. The van der Waals surface area contributed by atoms with Gasteiger partial charge in [0.1, 0.15) is 18.5 Å². The monoisotopic (exact) mass is 554 g/mol. The van der Waals surface area contributed by atoms with E-state index in [9.17, 15) is 9.18 Å². The zero-order valence-electron chi connectivity index (χ0n) is 22.8. The first kappa shape index (κ1) is 28.5. The van der Waals surface area contributed by atoms with Crippen molar-refractivity contribution in [2.24, 2.45) is 0 Å². The van der Waals surface area contributed by atoms with E-state index in [0.717, 1.165) is 30.6 Å². The number of nitrogens with zero attached hydrogens (tertiary/aromatic N) is 3. The molecule has 10 heteroatoms. The van der Waals surface area contributed by atoms with Crippen molar-refractivity contribution < 1.29 is 23.4 Å². The van der Waals surface area contributed by atoms with Gasteiger partial charge < -0.3 is 19.5 Å². The van der Waals surface area contributed by atoms with Gasteiger partial charge in [0.15, 0.2) is 11.5 Å². The molecule has 8 nitrogen and oxygen atoms in total. The third-order valence-corrected chi connectivity index (χ3v) is 7.19. The number of esters is 1. The summed E-state index contributed by atoms with van der Waals surface area (Å²) in [6, 6.07) is 11.4. The number of carbonyl (C=O) groups excluding carboxylic acids is 1. The normalized spacial score (nSPS) is 14.5. The molecule has 1 aromatic heterocycles. The number of halogens is 1. The van der Waals surface area contributed by atoms with Crippen LogP contribution in [-0.2, 0) is 16.1 Å². The Balaban J connectivity index is 1.71. The van der Waals surface area contributed by atoms with Crippen LogP contribution in [0.2, 0.25) is 0 Å². The maximum absolute atomic E-state index is 14.2. The Morgan fingerprint density at radius 3 is 2.67 bits per heavy atom. The molecule has 39 heavy (non-hydrogen) atoms. The van der Waals surface area contributed by atoms with Gasteiger partial charge >= 0.3 is 5.97 Å². The first-order valence-corrected chi connectivity index (χ1v) is 14.3. The third kappa shape index (κ3) is 6.73. The second kappa shape index (κ2) is 13.5. The van der Waals surface area contributed by atoms with Crippen molar-refractivity contribution in [2.45, 2.75) is 64.8 Å². The smallest absolute Gasteiger partial charge is 0.338 e. The largest absolute Gasteiger partial charge is 0.490 e. The molecule has 0 radical (unpaired) electrons. The molecule has 1 aliphatic heterocycles. The molecule has 0 spiro atoms. The van der Waals surface area contributed by atoms with Gasteiger partial charge in [0, 0.05) is 17.0 Å². The van der Waals surface area contributed by atoms with Crippen molar-refractivity contribution in [3.63, 3.8) is 0 Å². The van der Waals surface area contributed by atoms with Gasteiger partial charge in [-0.15, -0.1) is 5.10 Å². The van der Waals surface area contributed by atoms with Gasteiger partial charge in [-0.3, -0.25) is 0 Å². The average Bonchev–Trinajstić information content (AvgIpc) is 3.33. The van der Waals surface area contributed by atoms with Gasteiger partial charge in [0.2, 0.25) is 11.1 Å². The third-order valence-electron chi connectivity index (χ3n) is 6.14. The molecule has 0 saturated carbocycles. The lowest BCUT2D eigenvalue weighted by Gasteiger charge is -2.28. The molecule has 0 amide bonds. The van der Waals surface area contributed by atoms with E-state index in [-0.39, 0.29) is 12.4 Å². The summed E-state index contributed by atoms with van der Waals surface area (Å²) in [7, 11) is 0. The Labute approximate surface area is 232 Å². The van der Waals surface area contributed by atoms with E-state index in [4.69, 9.17) is 19.3 Å². The zero-order chi connectivity index (χ0) is 27.8. The molecule has 3 aromatic rings. The van der Waals surface area contributed by atoms with Crippen LogP contribution >= 0.6 is 11.8 Å². The summed E-state index contributed by atoms with van der Waals surface area (Å²) in [5.74, 6) is 1.67. The number of unbranched alkanes of at least 4 members (excludes halogenated alkanes) is 1. The van der Waals surface area contributed by atoms with Crippen LogP contribution < -0.4 is 14.8 Å². The highest BCUT2D eigenvalue weighted by Gasteiger charge is 2.35. The van der Waals surface area contributed by atoms with Crippen molar-refractivity contribution in [1.82, 2.24) is 14.8 Å². The fraction of sp³-hybridized carbons (Fsp3) is 0.414. The SMILES string of the molecule is CCCCOC(=O)C1=C(C)Nc2nc(SCCC)nn2C1c1ccc(OCc2ccccc2F)c(OCC)c1. The number of fused-ring (bicyclic) bond motifs is 1. The van der Waals surface area contributed by atoms with E-state index in [0.29, 0.717) is 52.7 Å². The number of rotatable bonds is 13. The fourth-order valence-corrected chi connectivity index (χ4v) is 4.88. The lowest BCUT2D eigenvalue weighted by Crippen LogP contribution is -2.30. The van der Waals surface area contributed by atoms with Crippen molar-refractivity contribution in [3.8, 4) is 11.5 Å². The predicted molar refractivity (Wildman–Crippen MR) is 150 cm³/mol. The van der Waals surface area contributed by atoms with Crippen LogP contribution in [0.1, 0.15) is 64.1 Å². The number of anilines is 1. The van der Waals surface area contributed by atoms with E-state index >= 15 is 0 Å². The van der Waals surface area contributed by atoms with Crippen LogP contribution in [0.5, 0.6) is 11.5 Å². The average molecular weight is 555 g/mol. The summed E-state index contributed by atoms with van der Waals surface area (Å²) in [5.41, 5.74) is 2.32. The summed E-state index contributed by atoms with van der Waals surface area (Å²) in [4.78, 5) is 18.0. The molecule has 1 atom stereocenters. The number of aromatic nitrogens is 3. The second-order valence-corrected chi connectivity index (χ2v) is 10.1. The molecule has 2 aromatic carbocycles. The highest BCUT2D eigenvalue weighted by Crippen LogP contribution is 2.40. The molecule has 4 rings (SSSR count). The van der Waals surface area contributed by atoms with Crippen molar-refractivity contribution in [3.05, 3.63) is 70.7 Å². The fourth-order valence-electron chi connectivity index (χ4n) is 4.20. The Morgan fingerprint density at radius 2 is 1.92 bits per heavy atom. The number of carbonyl (C=O) groups is 1. The minimum atomic E-state index is -0.585. The second-order valence-electron chi connectivity index (χ2n) is 9.09. The molecular formula is C29H35FN4O4S. The van der Waals surface area contributed by atoms with Gasteiger partial charge in [0.05, 0.1) is 18.8 Å². The first-order chi connectivity index (χ1) is 19.0. The van der Waals surface area contributed by atoms with Crippen LogP contribution in [0, 0.1) is 5.82 Å². The number of hydrogen-bond acceptors (Lipinski definition) is 8. The van der Waals surface area contributed by atoms with Crippen LogP contribution in [0.4, 0.5) is 10.3 Å². The maximum atomic E-state index is 14.2. The van der Waals surface area contributed by atoms with Crippen molar-refractivity contribution in [2.75, 3.05) is 24.3 Å². The quantitative estimate of drug-likeness (QED) is 0.145. The van der Waals surface area contributed by atoms with E-state index in [1.165, 1.54) is 6.07 Å². The highest BCUT2D eigenvalue weighted by molar-refractivity contribution is 7.99. The highest BCUT2D eigenvalue weighted by atomic mass is 32.2. The number of ether oxygens (including phenoxy) is 3. The molecule has 1 N–H and O–H groups in total. The summed E-state index contributed by atoms with van der Waals surface area (Å²) in [6.45, 7) is 8.67. The number of thioether (sulfide) groups is 1. The molecule has 0 saturated heterocycles. The maximum Gasteiger partial charge on any atom is 0.338 e. The molecule has 2 heterocycles. The molecule has 1 unspecified atom stereocenters. The summed E-state index contributed by atoms with van der Waals surface area (Å²) in [5, 5.41) is 8.61. The molecular weight excluding hydrogens is 519 g/mol. The van der Waals surface area contributed by atoms with E-state index in [1.54, 1.807) is 40.7 Å². The Morgan fingerprint density at radius 1 is 1.10 bits per heavy atom. The number of nitrogens with one attached hydrogen (secondary N) is 1. The lowest BCUT2D eigenvalue weighted by atomic mass is 9.95. The lowest BCUT2D eigenvalue weighted by molar-refractivity contribution is -0.139. The number of hydrogen-bond donors (Lipinski definition) is 1. The molecule has 0 aliphatic carbocycles. The van der Waals surface area contributed by atoms with Crippen LogP contribution in [-0.4, -0.2) is 39.7 Å². The Hall–Kier alpha value is -3.53.